The smallest absolute Gasteiger partial charge is 0.280 e. The molecule has 1 aliphatic rings. The summed E-state index contributed by atoms with van der Waals surface area (Å²) in [6.07, 6.45) is 0.437. The number of hydrogen-bond donors (Lipinski definition) is 0. The third-order valence-electron chi connectivity index (χ3n) is 3.34. The Morgan fingerprint density at radius 1 is 1.45 bits per heavy atom. The first-order chi connectivity index (χ1) is 9.34. The van der Waals surface area contributed by atoms with Crippen LogP contribution < -0.4 is 4.90 Å². The summed E-state index contributed by atoms with van der Waals surface area (Å²) in [7, 11) is -3.03. The summed E-state index contributed by atoms with van der Waals surface area (Å²) < 4.78 is 23.1. The fraction of sp³-hybridized carbons (Fsp3) is 0.417. The highest BCUT2D eigenvalue weighted by atomic mass is 32.2. The second-order valence-electron chi connectivity index (χ2n) is 4.77. The van der Waals surface area contributed by atoms with E-state index in [0.717, 1.165) is 0 Å². The van der Waals surface area contributed by atoms with Crippen molar-refractivity contribution in [3.63, 3.8) is 0 Å². The van der Waals surface area contributed by atoms with Gasteiger partial charge >= 0.3 is 0 Å². The number of rotatable bonds is 3. The van der Waals surface area contributed by atoms with E-state index in [1.54, 1.807) is 13.0 Å². The summed E-state index contributed by atoms with van der Waals surface area (Å²) in [5.74, 6) is 0.0885. The van der Waals surface area contributed by atoms with Gasteiger partial charge in [-0.05, 0) is 19.1 Å². The molecule has 1 saturated heterocycles. The maximum atomic E-state index is 11.5. The second kappa shape index (κ2) is 5.20. The molecule has 0 spiro atoms. The van der Waals surface area contributed by atoms with E-state index in [1.807, 2.05) is 4.90 Å². The third-order valence-corrected chi connectivity index (χ3v) is 5.13. The van der Waals surface area contributed by atoms with Gasteiger partial charge in [0.2, 0.25) is 0 Å². The van der Waals surface area contributed by atoms with Crippen LogP contribution in [-0.4, -0.2) is 43.7 Å². The summed E-state index contributed by atoms with van der Waals surface area (Å²) >= 11 is 0. The van der Waals surface area contributed by atoms with E-state index in [-0.39, 0.29) is 28.8 Å². The molecular weight excluding hydrogens is 284 g/mol. The molecule has 0 radical (unpaired) electrons. The van der Waals surface area contributed by atoms with Crippen LogP contribution in [0, 0.1) is 10.1 Å². The molecular formula is C12H14N2O5S. The Morgan fingerprint density at radius 2 is 2.15 bits per heavy atom. The first kappa shape index (κ1) is 14.4. The van der Waals surface area contributed by atoms with E-state index in [0.29, 0.717) is 18.5 Å². The van der Waals surface area contributed by atoms with E-state index in [4.69, 9.17) is 0 Å². The number of anilines is 1. The van der Waals surface area contributed by atoms with Gasteiger partial charge in [-0.2, -0.15) is 0 Å². The molecule has 0 aromatic heterocycles. The molecule has 0 N–H and O–H groups in total. The van der Waals surface area contributed by atoms with Crippen molar-refractivity contribution in [3.8, 4) is 0 Å². The van der Waals surface area contributed by atoms with Crippen LogP contribution in [0.25, 0.3) is 0 Å². The first-order valence-electron chi connectivity index (χ1n) is 6.05. The van der Waals surface area contributed by atoms with Crippen molar-refractivity contribution in [2.45, 2.75) is 13.0 Å². The quantitative estimate of drug-likeness (QED) is 0.469. The van der Waals surface area contributed by atoms with Gasteiger partial charge in [0.15, 0.2) is 16.1 Å². The zero-order valence-electron chi connectivity index (χ0n) is 10.9. The van der Waals surface area contributed by atoms with Crippen LogP contribution in [0.15, 0.2) is 18.2 Å². The number of sulfone groups is 1. The minimum Gasteiger partial charge on any atom is -0.367 e. The lowest BCUT2D eigenvalue weighted by Crippen LogP contribution is -2.47. The Bertz CT molecular complexity index is 656. The van der Waals surface area contributed by atoms with Crippen molar-refractivity contribution in [2.24, 2.45) is 0 Å². The average Bonchev–Trinajstić information content (AvgIpc) is 2.36. The minimum atomic E-state index is -3.03. The van der Waals surface area contributed by atoms with Crippen molar-refractivity contribution < 1.29 is 18.1 Å². The van der Waals surface area contributed by atoms with Crippen molar-refractivity contribution in [1.29, 1.82) is 0 Å². The van der Waals surface area contributed by atoms with Gasteiger partial charge in [-0.3, -0.25) is 14.9 Å². The van der Waals surface area contributed by atoms with Gasteiger partial charge in [-0.15, -0.1) is 0 Å². The number of benzene rings is 1. The van der Waals surface area contributed by atoms with E-state index in [2.05, 4.69) is 0 Å². The van der Waals surface area contributed by atoms with Crippen LogP contribution >= 0.6 is 0 Å². The molecule has 7 nitrogen and oxygen atoms in total. The van der Waals surface area contributed by atoms with Gasteiger partial charge < -0.3 is 4.90 Å². The van der Waals surface area contributed by atoms with Crippen LogP contribution in [0.3, 0.4) is 0 Å². The van der Waals surface area contributed by atoms with Crippen LogP contribution in [0.5, 0.6) is 0 Å². The Morgan fingerprint density at radius 3 is 2.70 bits per heavy atom. The van der Waals surface area contributed by atoms with Crippen molar-refractivity contribution in [1.82, 2.24) is 0 Å². The molecule has 1 aromatic rings. The van der Waals surface area contributed by atoms with Crippen molar-refractivity contribution >= 4 is 27.5 Å². The topological polar surface area (TPSA) is 97.6 Å². The number of nitro benzene ring substituents is 1. The number of carbonyl (C=O) groups excluding carboxylic acids is 1. The molecule has 0 saturated carbocycles. The van der Waals surface area contributed by atoms with Gasteiger partial charge in [0.1, 0.15) is 0 Å². The fourth-order valence-electron chi connectivity index (χ4n) is 2.36. The minimum absolute atomic E-state index is 0.00636. The number of hydrogen-bond acceptors (Lipinski definition) is 6. The van der Waals surface area contributed by atoms with E-state index < -0.39 is 14.8 Å². The number of nitrogens with zero attached hydrogens (tertiary/aromatic N) is 2. The number of carbonyl (C=O) groups is 1. The number of nitro groups is 1. The molecule has 1 aromatic carbocycles. The molecule has 0 aliphatic carbocycles. The Balaban J connectivity index is 2.35. The standard InChI is InChI=1S/C12H14N2O5S/c1-9-8-20(18,19)5-4-13(9)11-2-3-12(14(16)17)10(6-11)7-15/h2-3,6-7,9H,4-5,8H2,1H3. The van der Waals surface area contributed by atoms with E-state index in [9.17, 15) is 23.3 Å². The normalized spacial score (nSPS) is 21.4. The molecule has 20 heavy (non-hydrogen) atoms. The monoisotopic (exact) mass is 298 g/mol. The summed E-state index contributed by atoms with van der Waals surface area (Å²) in [5.41, 5.74) is 0.370. The van der Waals surface area contributed by atoms with Crippen molar-refractivity contribution in [3.05, 3.63) is 33.9 Å². The van der Waals surface area contributed by atoms with Crippen LogP contribution in [-0.2, 0) is 9.84 Å². The van der Waals surface area contributed by atoms with Gasteiger partial charge in [0.05, 0.1) is 22.0 Å². The molecule has 1 fully saturated rings. The molecule has 8 heteroatoms. The van der Waals surface area contributed by atoms with Gasteiger partial charge in [-0.1, -0.05) is 0 Å². The first-order valence-corrected chi connectivity index (χ1v) is 7.87. The summed E-state index contributed by atoms with van der Waals surface area (Å²) in [4.78, 5) is 22.9. The molecule has 0 bridgehead atoms. The fourth-order valence-corrected chi connectivity index (χ4v) is 3.92. The lowest BCUT2D eigenvalue weighted by atomic mass is 10.1. The number of aldehydes is 1. The highest BCUT2D eigenvalue weighted by Crippen LogP contribution is 2.27. The molecule has 0 amide bonds. The molecule has 1 unspecified atom stereocenters. The Labute approximate surface area is 116 Å². The van der Waals surface area contributed by atoms with E-state index >= 15 is 0 Å². The molecule has 1 aliphatic heterocycles. The second-order valence-corrected chi connectivity index (χ2v) is 7.00. The van der Waals surface area contributed by atoms with Gasteiger partial charge in [0, 0.05) is 24.3 Å². The third kappa shape index (κ3) is 2.79. The van der Waals surface area contributed by atoms with Gasteiger partial charge in [-0.25, -0.2) is 8.42 Å². The van der Waals surface area contributed by atoms with Crippen LogP contribution in [0.4, 0.5) is 11.4 Å². The lowest BCUT2D eigenvalue weighted by molar-refractivity contribution is -0.385. The maximum Gasteiger partial charge on any atom is 0.280 e. The maximum absolute atomic E-state index is 11.5. The Hall–Kier alpha value is -1.96. The van der Waals surface area contributed by atoms with Crippen LogP contribution in [0.2, 0.25) is 0 Å². The molecule has 1 heterocycles. The highest BCUT2D eigenvalue weighted by Gasteiger charge is 2.29. The zero-order valence-corrected chi connectivity index (χ0v) is 11.7. The SMILES string of the molecule is CC1CS(=O)(=O)CCN1c1ccc([N+](=O)[O-])c(C=O)c1. The van der Waals surface area contributed by atoms with E-state index in [1.165, 1.54) is 12.1 Å². The summed E-state index contributed by atoms with van der Waals surface area (Å²) in [6, 6.07) is 4.02. The predicted molar refractivity (Wildman–Crippen MR) is 73.9 cm³/mol. The zero-order chi connectivity index (χ0) is 14.9. The predicted octanol–water partition coefficient (Wildman–Crippen LogP) is 1.03. The average molecular weight is 298 g/mol. The molecule has 108 valence electrons. The highest BCUT2D eigenvalue weighted by molar-refractivity contribution is 7.91. The van der Waals surface area contributed by atoms with Crippen molar-refractivity contribution in [2.75, 3.05) is 23.0 Å². The Kier molecular flexibility index (Phi) is 3.76. The summed E-state index contributed by atoms with van der Waals surface area (Å²) in [5, 5.41) is 10.8. The van der Waals surface area contributed by atoms with Crippen LogP contribution in [0.1, 0.15) is 17.3 Å². The largest absolute Gasteiger partial charge is 0.367 e. The summed E-state index contributed by atoms with van der Waals surface area (Å²) in [6.45, 7) is 2.10. The molecule has 2 rings (SSSR count). The van der Waals surface area contributed by atoms with Gasteiger partial charge in [0.25, 0.3) is 5.69 Å². The molecule has 1 atom stereocenters. The lowest BCUT2D eigenvalue weighted by Gasteiger charge is -2.35.